The van der Waals surface area contributed by atoms with Gasteiger partial charge in [-0.3, -0.25) is 0 Å². The largest absolute Gasteiger partial charge is 0.459 e. The molecule has 1 aromatic heterocycles. The maximum Gasteiger partial charge on any atom is 0.459 e. The minimum Gasteiger partial charge on any atom is -0.247 e. The van der Waals surface area contributed by atoms with Gasteiger partial charge in [-0.2, -0.15) is 22.0 Å². The number of hydrogen-bond acceptors (Lipinski definition) is 2. The van der Waals surface area contributed by atoms with Gasteiger partial charge in [0.25, 0.3) is 0 Å². The highest BCUT2D eigenvalue weighted by molar-refractivity contribution is 5.16. The molecule has 1 rings (SSSR count). The molecule has 0 atom stereocenters. The van der Waals surface area contributed by atoms with Gasteiger partial charge in [0.1, 0.15) is 0 Å². The molecule has 0 aromatic carbocycles. The third-order valence-electron chi connectivity index (χ3n) is 2.07. The van der Waals surface area contributed by atoms with Crippen molar-refractivity contribution in [2.45, 2.75) is 38.9 Å². The summed E-state index contributed by atoms with van der Waals surface area (Å²) in [6.07, 6.45) is -5.66. The summed E-state index contributed by atoms with van der Waals surface area (Å²) >= 11 is 0. The van der Waals surface area contributed by atoms with E-state index < -0.39 is 17.8 Å². The van der Waals surface area contributed by atoms with Crippen molar-refractivity contribution in [3.8, 4) is 0 Å². The van der Waals surface area contributed by atoms with Gasteiger partial charge in [-0.25, -0.2) is 4.68 Å². The third-order valence-corrected chi connectivity index (χ3v) is 2.07. The minimum absolute atomic E-state index is 0.280. The van der Waals surface area contributed by atoms with Crippen molar-refractivity contribution < 1.29 is 22.0 Å². The number of hydrogen-bond donors (Lipinski definition) is 0. The first-order valence-corrected chi connectivity index (χ1v) is 4.46. The van der Waals surface area contributed by atoms with E-state index in [9.17, 15) is 22.0 Å². The number of alkyl halides is 5. The van der Waals surface area contributed by atoms with Crippen LogP contribution in [0.1, 0.15) is 31.3 Å². The first-order chi connectivity index (χ1) is 7.09. The number of rotatable bonds is 2. The van der Waals surface area contributed by atoms with Gasteiger partial charge < -0.3 is 0 Å². The van der Waals surface area contributed by atoms with Crippen LogP contribution in [-0.2, 0) is 5.92 Å². The van der Waals surface area contributed by atoms with Crippen molar-refractivity contribution in [2.75, 3.05) is 0 Å². The highest BCUT2D eigenvalue weighted by Crippen LogP contribution is 2.44. The second-order valence-corrected chi connectivity index (χ2v) is 3.63. The summed E-state index contributed by atoms with van der Waals surface area (Å²) in [4.78, 5) is 0. The standard InChI is InChI=1S/C8H10F5N3/c1-4(2)16-5(3)6(14-15-16)7(9,10)8(11,12)13/h4H,1-3H3. The predicted octanol–water partition coefficient (Wildman–Crippen LogP) is 2.82. The van der Waals surface area contributed by atoms with E-state index in [0.717, 1.165) is 11.6 Å². The lowest BCUT2D eigenvalue weighted by atomic mass is 10.2. The summed E-state index contributed by atoms with van der Waals surface area (Å²) in [5.74, 6) is -4.97. The fourth-order valence-electron chi connectivity index (χ4n) is 1.26. The maximum atomic E-state index is 13.0. The van der Waals surface area contributed by atoms with E-state index in [1.807, 2.05) is 0 Å². The van der Waals surface area contributed by atoms with Gasteiger partial charge in [-0.1, -0.05) is 5.21 Å². The molecule has 0 aliphatic rings. The smallest absolute Gasteiger partial charge is 0.247 e. The second-order valence-electron chi connectivity index (χ2n) is 3.63. The van der Waals surface area contributed by atoms with E-state index in [4.69, 9.17) is 0 Å². The third kappa shape index (κ3) is 1.88. The van der Waals surface area contributed by atoms with Crippen LogP contribution in [0.15, 0.2) is 0 Å². The van der Waals surface area contributed by atoms with Crippen LogP contribution in [0, 0.1) is 6.92 Å². The first kappa shape index (κ1) is 12.9. The SMILES string of the molecule is Cc1c(C(F)(F)C(F)(F)F)nnn1C(C)C. The van der Waals surface area contributed by atoms with E-state index in [0.29, 0.717) is 0 Å². The molecule has 0 radical (unpaired) electrons. The van der Waals surface area contributed by atoms with Crippen LogP contribution >= 0.6 is 0 Å². The van der Waals surface area contributed by atoms with Gasteiger partial charge in [0, 0.05) is 6.04 Å². The first-order valence-electron chi connectivity index (χ1n) is 4.46. The molecule has 0 aliphatic heterocycles. The second kappa shape index (κ2) is 3.67. The molecule has 0 fully saturated rings. The molecule has 1 heterocycles. The molecule has 3 nitrogen and oxygen atoms in total. The summed E-state index contributed by atoms with van der Waals surface area (Å²) in [6.45, 7) is 4.35. The number of halogens is 5. The summed E-state index contributed by atoms with van der Waals surface area (Å²) in [6, 6.07) is -0.328. The van der Waals surface area contributed by atoms with Crippen LogP contribution in [0.3, 0.4) is 0 Å². The van der Waals surface area contributed by atoms with Gasteiger partial charge in [-0.05, 0) is 20.8 Å². The van der Waals surface area contributed by atoms with Crippen LogP contribution in [0.25, 0.3) is 0 Å². The Bertz CT molecular complexity index is 380. The zero-order chi connectivity index (χ0) is 12.7. The summed E-state index contributed by atoms with van der Waals surface area (Å²) in [7, 11) is 0. The normalized spacial score (nSPS) is 13.6. The van der Waals surface area contributed by atoms with Gasteiger partial charge >= 0.3 is 12.1 Å². The Labute approximate surface area is 88.2 Å². The molecule has 16 heavy (non-hydrogen) atoms. The molecule has 1 aromatic rings. The fourth-order valence-corrected chi connectivity index (χ4v) is 1.26. The van der Waals surface area contributed by atoms with Crippen molar-refractivity contribution in [3.05, 3.63) is 11.4 Å². The van der Waals surface area contributed by atoms with E-state index >= 15 is 0 Å². The average molecular weight is 243 g/mol. The van der Waals surface area contributed by atoms with Gasteiger partial charge in [0.2, 0.25) is 0 Å². The lowest BCUT2D eigenvalue weighted by Gasteiger charge is -2.18. The molecule has 0 saturated carbocycles. The van der Waals surface area contributed by atoms with Crippen molar-refractivity contribution in [1.29, 1.82) is 0 Å². The minimum atomic E-state index is -5.66. The Kier molecular flexibility index (Phi) is 2.95. The van der Waals surface area contributed by atoms with Crippen LogP contribution in [0.2, 0.25) is 0 Å². The Balaban J connectivity index is 3.25. The molecule has 92 valence electrons. The highest BCUT2D eigenvalue weighted by Gasteiger charge is 2.61. The summed E-state index contributed by atoms with van der Waals surface area (Å²) in [5.41, 5.74) is -1.62. The molecule has 0 bridgehead atoms. The van der Waals surface area contributed by atoms with Crippen LogP contribution in [0.4, 0.5) is 22.0 Å². The van der Waals surface area contributed by atoms with E-state index in [-0.39, 0.29) is 11.7 Å². The summed E-state index contributed by atoms with van der Waals surface area (Å²) in [5, 5.41) is 6.20. The predicted molar refractivity (Wildman–Crippen MR) is 45.1 cm³/mol. The molecular weight excluding hydrogens is 233 g/mol. The van der Waals surface area contributed by atoms with Crippen molar-refractivity contribution in [3.63, 3.8) is 0 Å². The quantitative estimate of drug-likeness (QED) is 0.748. The molecule has 0 N–H and O–H groups in total. The summed E-state index contributed by atoms with van der Waals surface area (Å²) < 4.78 is 63.2. The molecule has 0 unspecified atom stereocenters. The van der Waals surface area contributed by atoms with E-state index in [1.54, 1.807) is 13.8 Å². The molecule has 0 spiro atoms. The Morgan fingerprint density at radius 1 is 1.12 bits per heavy atom. The lowest BCUT2D eigenvalue weighted by molar-refractivity contribution is -0.291. The molecule has 0 aliphatic carbocycles. The van der Waals surface area contributed by atoms with E-state index in [2.05, 4.69) is 10.3 Å². The highest BCUT2D eigenvalue weighted by atomic mass is 19.4. The van der Waals surface area contributed by atoms with Gasteiger partial charge in [0.05, 0.1) is 5.69 Å². The monoisotopic (exact) mass is 243 g/mol. The van der Waals surface area contributed by atoms with Crippen LogP contribution in [0.5, 0.6) is 0 Å². The van der Waals surface area contributed by atoms with Gasteiger partial charge in [-0.15, -0.1) is 5.10 Å². The van der Waals surface area contributed by atoms with Crippen LogP contribution < -0.4 is 0 Å². The molecule has 0 saturated heterocycles. The van der Waals surface area contributed by atoms with Crippen molar-refractivity contribution >= 4 is 0 Å². The lowest BCUT2D eigenvalue weighted by Crippen LogP contribution is -2.34. The fraction of sp³-hybridized carbons (Fsp3) is 0.750. The zero-order valence-electron chi connectivity index (χ0n) is 8.81. The maximum absolute atomic E-state index is 13.0. The topological polar surface area (TPSA) is 30.7 Å². The van der Waals surface area contributed by atoms with Crippen molar-refractivity contribution in [2.24, 2.45) is 0 Å². The number of aromatic nitrogens is 3. The average Bonchev–Trinajstić information content (AvgIpc) is 2.44. The zero-order valence-corrected chi connectivity index (χ0v) is 8.81. The Morgan fingerprint density at radius 3 is 1.94 bits per heavy atom. The molecule has 0 amide bonds. The van der Waals surface area contributed by atoms with Crippen LogP contribution in [-0.4, -0.2) is 21.2 Å². The van der Waals surface area contributed by atoms with E-state index in [1.165, 1.54) is 0 Å². The van der Waals surface area contributed by atoms with Crippen molar-refractivity contribution in [1.82, 2.24) is 15.0 Å². The molecule has 8 heteroatoms. The Morgan fingerprint density at radius 2 is 1.62 bits per heavy atom. The van der Waals surface area contributed by atoms with Gasteiger partial charge in [0.15, 0.2) is 5.69 Å². The molecular formula is C8H10F5N3. The number of nitrogens with zero attached hydrogens (tertiary/aromatic N) is 3. The Hall–Kier alpha value is -1.21.